The fourth-order valence-electron chi connectivity index (χ4n) is 8.08. The number of alkyl halides is 6. The van der Waals surface area contributed by atoms with Crippen molar-refractivity contribution in [3.8, 4) is 27.9 Å². The van der Waals surface area contributed by atoms with E-state index in [0.717, 1.165) is 44.3 Å². The maximum atomic E-state index is 14.6. The molecule has 2 heterocycles. The molecule has 0 fully saturated rings. The number of aryl methyl sites for hydroxylation is 5. The predicted octanol–water partition coefficient (Wildman–Crippen LogP) is 12.5. The molecule has 0 spiro atoms. The molecule has 8 rings (SSSR count). The van der Waals surface area contributed by atoms with E-state index < -0.39 is 35.3 Å². The van der Waals surface area contributed by atoms with Crippen LogP contribution in [-0.2, 0) is 12.4 Å². The van der Waals surface area contributed by atoms with E-state index in [9.17, 15) is 35.9 Å². The molecule has 1 aliphatic rings. The lowest BCUT2D eigenvalue weighted by molar-refractivity contribution is -0.143. The number of carbonyl (C=O) groups excluding carboxylic acids is 2. The summed E-state index contributed by atoms with van der Waals surface area (Å²) in [5, 5.41) is 1.37. The number of hydrogen-bond acceptors (Lipinski definition) is 2. The first-order valence-electron chi connectivity index (χ1n) is 17.5. The number of benzene rings is 6. The quantitative estimate of drug-likeness (QED) is 0.133. The Morgan fingerprint density at radius 3 is 1.49 bits per heavy atom. The second-order valence-electron chi connectivity index (χ2n) is 14.4. The molecule has 55 heavy (non-hydrogen) atoms. The second-order valence-corrected chi connectivity index (χ2v) is 14.4. The Kier molecular flexibility index (Phi) is 8.11. The molecule has 0 atom stereocenters. The molecule has 1 aromatic heterocycles. The number of anilines is 1. The summed E-state index contributed by atoms with van der Waals surface area (Å²) in [5.74, 6) is -1.05. The zero-order valence-electron chi connectivity index (χ0n) is 30.3. The lowest BCUT2D eigenvalue weighted by Crippen LogP contribution is -2.31. The van der Waals surface area contributed by atoms with E-state index in [0.29, 0.717) is 39.9 Å². The molecular formula is C45H32F6N2O2. The molecule has 1 aliphatic heterocycles. The van der Waals surface area contributed by atoms with Crippen molar-refractivity contribution in [2.24, 2.45) is 0 Å². The molecule has 2 amide bonds. The van der Waals surface area contributed by atoms with E-state index in [2.05, 4.69) is 6.07 Å². The Bertz CT molecular complexity index is 2720. The highest BCUT2D eigenvalue weighted by Gasteiger charge is 2.41. The smallest absolute Gasteiger partial charge is 0.308 e. The number of amides is 2. The van der Waals surface area contributed by atoms with Crippen molar-refractivity contribution in [1.82, 2.24) is 4.57 Å². The topological polar surface area (TPSA) is 42.3 Å². The number of aromatic nitrogens is 1. The molecular weight excluding hydrogens is 714 g/mol. The number of halogens is 6. The van der Waals surface area contributed by atoms with Crippen LogP contribution in [0.15, 0.2) is 103 Å². The Morgan fingerprint density at radius 1 is 0.491 bits per heavy atom. The van der Waals surface area contributed by atoms with Gasteiger partial charge in [0.1, 0.15) is 0 Å². The van der Waals surface area contributed by atoms with Crippen LogP contribution in [0.4, 0.5) is 32.0 Å². The van der Waals surface area contributed by atoms with E-state index in [1.807, 2.05) is 77.1 Å². The van der Waals surface area contributed by atoms with Crippen molar-refractivity contribution in [3.05, 3.63) is 153 Å². The van der Waals surface area contributed by atoms with E-state index in [1.165, 1.54) is 17.0 Å². The minimum atomic E-state index is -5.03. The lowest BCUT2D eigenvalue weighted by Gasteiger charge is -2.20. The Hall–Kier alpha value is -6.16. The molecule has 10 heteroatoms. The average molecular weight is 747 g/mol. The number of hydrogen-bond donors (Lipinski definition) is 0. The third-order valence-corrected chi connectivity index (χ3v) is 10.2. The third kappa shape index (κ3) is 5.96. The van der Waals surface area contributed by atoms with Crippen molar-refractivity contribution in [2.75, 3.05) is 4.90 Å². The van der Waals surface area contributed by atoms with Crippen molar-refractivity contribution >= 4 is 39.3 Å². The molecule has 0 radical (unpaired) electrons. The highest BCUT2D eigenvalue weighted by atomic mass is 19.4. The van der Waals surface area contributed by atoms with Gasteiger partial charge >= 0.3 is 12.4 Å². The largest absolute Gasteiger partial charge is 0.416 e. The van der Waals surface area contributed by atoms with E-state index in [1.54, 1.807) is 28.8 Å². The lowest BCUT2D eigenvalue weighted by atomic mass is 9.97. The molecule has 0 N–H and O–H groups in total. The number of carbonyl (C=O) groups is 2. The summed E-state index contributed by atoms with van der Waals surface area (Å²) >= 11 is 0. The van der Waals surface area contributed by atoms with Gasteiger partial charge in [0.05, 0.1) is 44.7 Å². The van der Waals surface area contributed by atoms with Crippen molar-refractivity contribution in [1.29, 1.82) is 0 Å². The zero-order valence-corrected chi connectivity index (χ0v) is 30.3. The second kappa shape index (κ2) is 12.4. The van der Waals surface area contributed by atoms with Crippen LogP contribution in [0.5, 0.6) is 0 Å². The van der Waals surface area contributed by atoms with E-state index in [-0.39, 0.29) is 28.3 Å². The fourth-order valence-corrected chi connectivity index (χ4v) is 8.08. The number of rotatable bonds is 4. The summed E-state index contributed by atoms with van der Waals surface area (Å²) in [6.45, 7) is 9.58. The van der Waals surface area contributed by atoms with Crippen LogP contribution < -0.4 is 4.90 Å². The first-order valence-corrected chi connectivity index (χ1v) is 17.5. The minimum absolute atomic E-state index is 0.102. The molecule has 0 aliphatic carbocycles. The molecule has 276 valence electrons. The maximum Gasteiger partial charge on any atom is 0.416 e. The minimum Gasteiger partial charge on any atom is -0.308 e. The predicted molar refractivity (Wildman–Crippen MR) is 203 cm³/mol. The highest BCUT2D eigenvalue weighted by Crippen LogP contribution is 2.43. The average Bonchev–Trinajstić information content (AvgIpc) is 3.56. The molecule has 0 saturated heterocycles. The first kappa shape index (κ1) is 35.8. The molecule has 0 saturated carbocycles. The van der Waals surface area contributed by atoms with Gasteiger partial charge in [-0.3, -0.25) is 9.59 Å². The summed E-state index contributed by atoms with van der Waals surface area (Å²) in [6, 6.07) is 26.9. The molecule has 0 unspecified atom stereocenters. The van der Waals surface area contributed by atoms with Crippen LogP contribution in [0.2, 0.25) is 0 Å². The van der Waals surface area contributed by atoms with Crippen molar-refractivity contribution in [3.63, 3.8) is 0 Å². The summed E-state index contributed by atoms with van der Waals surface area (Å²) < 4.78 is 85.4. The van der Waals surface area contributed by atoms with Crippen LogP contribution >= 0.6 is 0 Å². The standard InChI is InChI=1S/C45H32F6N2O2/c1-23-13-24(2)17-30(16-23)28-9-11-34-35-12-10-29(31-18-32(44(46,47)48)22-33(19-31)45(49,50)51)21-39(35)52(38(34)20-28)37-8-6-7-36-40(37)43(55)53(42(36)54)41-26(4)14-25(3)15-27(41)5/h6-22H,1-5H3. The summed E-state index contributed by atoms with van der Waals surface area (Å²) in [5.41, 5.74) is 5.47. The number of nitrogens with zero attached hydrogens (tertiary/aromatic N) is 2. The SMILES string of the molecule is Cc1cc(C)cc(-c2ccc3c4ccc(-c5cc(C(F)(F)F)cc(C(F)(F)F)c5)cc4n(-c4cccc5c4C(=O)N(c4c(C)cc(C)cc4C)C5=O)c3c2)c1. The van der Waals surface area contributed by atoms with Gasteiger partial charge in [-0.2, -0.15) is 26.3 Å². The van der Waals surface area contributed by atoms with Gasteiger partial charge in [0.25, 0.3) is 11.8 Å². The van der Waals surface area contributed by atoms with Gasteiger partial charge < -0.3 is 4.57 Å². The Morgan fingerprint density at radius 2 is 0.982 bits per heavy atom. The highest BCUT2D eigenvalue weighted by molar-refractivity contribution is 6.36. The normalized spacial score (nSPS) is 13.4. The zero-order chi connectivity index (χ0) is 39.3. The molecule has 4 nitrogen and oxygen atoms in total. The molecule has 7 aromatic rings. The first-order chi connectivity index (χ1) is 25.9. The summed E-state index contributed by atoms with van der Waals surface area (Å²) in [7, 11) is 0. The van der Waals surface area contributed by atoms with Crippen LogP contribution in [0, 0.1) is 34.6 Å². The van der Waals surface area contributed by atoms with E-state index in [4.69, 9.17) is 0 Å². The van der Waals surface area contributed by atoms with E-state index >= 15 is 0 Å². The maximum absolute atomic E-state index is 14.6. The fraction of sp³-hybridized carbons (Fsp3) is 0.156. The van der Waals surface area contributed by atoms with Crippen molar-refractivity contribution < 1.29 is 35.9 Å². The monoisotopic (exact) mass is 746 g/mol. The van der Waals surface area contributed by atoms with Gasteiger partial charge in [-0.15, -0.1) is 0 Å². The van der Waals surface area contributed by atoms with Gasteiger partial charge in [0.15, 0.2) is 0 Å². The van der Waals surface area contributed by atoms with Crippen LogP contribution in [0.3, 0.4) is 0 Å². The molecule has 6 aromatic carbocycles. The van der Waals surface area contributed by atoms with Crippen LogP contribution in [0.1, 0.15) is 59.7 Å². The third-order valence-electron chi connectivity index (χ3n) is 10.2. The number of fused-ring (bicyclic) bond motifs is 4. The van der Waals surface area contributed by atoms with Crippen LogP contribution in [0.25, 0.3) is 49.7 Å². The Balaban J connectivity index is 1.42. The number of imide groups is 1. The van der Waals surface area contributed by atoms with Gasteiger partial charge in [0.2, 0.25) is 0 Å². The summed E-state index contributed by atoms with van der Waals surface area (Å²) in [4.78, 5) is 29.9. The summed E-state index contributed by atoms with van der Waals surface area (Å²) in [6.07, 6.45) is -10.1. The van der Waals surface area contributed by atoms with Crippen LogP contribution in [-0.4, -0.2) is 16.4 Å². The van der Waals surface area contributed by atoms with Gasteiger partial charge in [-0.1, -0.05) is 77.4 Å². The van der Waals surface area contributed by atoms with Gasteiger partial charge in [0, 0.05) is 10.8 Å². The molecule has 0 bridgehead atoms. The van der Waals surface area contributed by atoms with Crippen molar-refractivity contribution in [2.45, 2.75) is 47.0 Å². The van der Waals surface area contributed by atoms with Gasteiger partial charge in [-0.25, -0.2) is 4.90 Å². The Labute approximate surface area is 312 Å². The van der Waals surface area contributed by atoms with Gasteiger partial charge in [-0.05, 0) is 110 Å².